The third-order valence-electron chi connectivity index (χ3n) is 5.59. The van der Waals surface area contributed by atoms with Crippen LogP contribution in [-0.2, 0) is 24.6 Å². The lowest BCUT2D eigenvalue weighted by Crippen LogP contribution is -2.49. The van der Waals surface area contributed by atoms with Crippen LogP contribution in [0, 0.1) is 0 Å². The maximum atomic E-state index is 12.9. The minimum atomic E-state index is -5.69. The van der Waals surface area contributed by atoms with Gasteiger partial charge in [0.25, 0.3) is 19.9 Å². The van der Waals surface area contributed by atoms with E-state index in [0.29, 0.717) is 44.1 Å². The summed E-state index contributed by atoms with van der Waals surface area (Å²) in [6.45, 7) is 4.71. The number of hydrogen-bond donors (Lipinski definition) is 2. The second-order valence-electron chi connectivity index (χ2n) is 8.24. The third-order valence-corrected chi connectivity index (χ3v) is 9.51. The van der Waals surface area contributed by atoms with Gasteiger partial charge < -0.3 is 4.74 Å². The van der Waals surface area contributed by atoms with Crippen molar-refractivity contribution in [2.75, 3.05) is 32.1 Å². The molecule has 0 radical (unpaired) electrons. The Labute approximate surface area is 213 Å². The maximum absolute atomic E-state index is 12.9. The van der Waals surface area contributed by atoms with Crippen LogP contribution in [-0.4, -0.2) is 71.4 Å². The van der Waals surface area contributed by atoms with E-state index < -0.39 is 35.2 Å². The monoisotopic (exact) mass is 567 g/mol. The minimum absolute atomic E-state index is 0.219. The molecule has 1 heterocycles. The van der Waals surface area contributed by atoms with Gasteiger partial charge in [0.1, 0.15) is 0 Å². The van der Waals surface area contributed by atoms with Crippen molar-refractivity contribution in [1.29, 1.82) is 0 Å². The fourth-order valence-corrected chi connectivity index (χ4v) is 6.34. The number of nitrogens with zero attached hydrogens (tertiary/aromatic N) is 1. The summed E-state index contributed by atoms with van der Waals surface area (Å²) in [5.74, 6) is 0.508. The van der Waals surface area contributed by atoms with Crippen LogP contribution in [0.5, 0.6) is 0 Å². The first kappa shape index (κ1) is 28.9. The molecule has 0 spiro atoms. The number of morpholine rings is 1. The molecule has 1 saturated heterocycles. The van der Waals surface area contributed by atoms with E-state index in [2.05, 4.69) is 15.2 Å². The Morgan fingerprint density at radius 3 is 2.44 bits per heavy atom. The van der Waals surface area contributed by atoms with Crippen molar-refractivity contribution in [3.63, 3.8) is 0 Å². The zero-order valence-corrected chi connectivity index (χ0v) is 21.9. The molecule has 3 rings (SSSR count). The molecule has 1 aliphatic heterocycles. The standard InChI is InChI=1S/C22H28F3N3O5S3/c1-17-15-33-13-12-28(17)11-10-18(16-34-19-6-3-2-4-7-19)26-27-36(31,32)21-9-5-8-20(14-21)35(29,30)22(23,24)25/h2-9,14,17-18,26-27H,10-13,15-16H2,1H3/t17-,18+/m0/s1. The summed E-state index contributed by atoms with van der Waals surface area (Å²) in [6.07, 6.45) is 0.579. The van der Waals surface area contributed by atoms with Gasteiger partial charge in [0, 0.05) is 35.8 Å². The fourth-order valence-electron chi connectivity index (χ4n) is 3.49. The van der Waals surface area contributed by atoms with Gasteiger partial charge in [0.2, 0.25) is 0 Å². The number of sulfonamides is 1. The molecule has 2 aromatic rings. The van der Waals surface area contributed by atoms with Crippen LogP contribution >= 0.6 is 11.8 Å². The smallest absolute Gasteiger partial charge is 0.379 e. The number of alkyl halides is 3. The predicted molar refractivity (Wildman–Crippen MR) is 131 cm³/mol. The van der Waals surface area contributed by atoms with Crippen LogP contribution in [0.4, 0.5) is 13.2 Å². The molecule has 0 aromatic heterocycles. The summed E-state index contributed by atoms with van der Waals surface area (Å²) in [5, 5.41) is 0. The number of halogens is 3. The first-order valence-electron chi connectivity index (χ1n) is 11.1. The van der Waals surface area contributed by atoms with E-state index in [-0.39, 0.29) is 12.1 Å². The lowest BCUT2D eigenvalue weighted by atomic mass is 10.2. The van der Waals surface area contributed by atoms with Gasteiger partial charge in [-0.15, -0.1) is 16.6 Å². The summed E-state index contributed by atoms with van der Waals surface area (Å²) in [7, 11) is -10.0. The molecule has 0 bridgehead atoms. The lowest BCUT2D eigenvalue weighted by molar-refractivity contribution is -0.0436. The first-order chi connectivity index (χ1) is 16.9. The number of sulfone groups is 1. The minimum Gasteiger partial charge on any atom is -0.379 e. The molecule has 36 heavy (non-hydrogen) atoms. The number of rotatable bonds is 11. The number of ether oxygens (including phenoxy) is 1. The van der Waals surface area contributed by atoms with Gasteiger partial charge >= 0.3 is 5.51 Å². The van der Waals surface area contributed by atoms with Crippen LogP contribution < -0.4 is 10.3 Å². The van der Waals surface area contributed by atoms with Gasteiger partial charge in [-0.1, -0.05) is 24.3 Å². The van der Waals surface area contributed by atoms with E-state index in [4.69, 9.17) is 4.74 Å². The van der Waals surface area contributed by atoms with Crippen molar-refractivity contribution >= 4 is 31.6 Å². The largest absolute Gasteiger partial charge is 0.501 e. The highest BCUT2D eigenvalue weighted by Gasteiger charge is 2.47. The highest BCUT2D eigenvalue weighted by molar-refractivity contribution is 7.99. The number of hydrazine groups is 1. The first-order valence-corrected chi connectivity index (χ1v) is 15.0. The number of benzene rings is 2. The van der Waals surface area contributed by atoms with Crippen LogP contribution in [0.3, 0.4) is 0 Å². The van der Waals surface area contributed by atoms with Crippen LogP contribution in [0.1, 0.15) is 13.3 Å². The van der Waals surface area contributed by atoms with Crippen molar-refractivity contribution in [3.8, 4) is 0 Å². The molecule has 0 unspecified atom stereocenters. The number of thioether (sulfide) groups is 1. The normalized spacial score (nSPS) is 18.7. The predicted octanol–water partition coefficient (Wildman–Crippen LogP) is 3.03. The summed E-state index contributed by atoms with van der Waals surface area (Å²) in [5.41, 5.74) is -2.76. The maximum Gasteiger partial charge on any atom is 0.501 e. The number of hydrogen-bond acceptors (Lipinski definition) is 8. The average molecular weight is 568 g/mol. The average Bonchev–Trinajstić information content (AvgIpc) is 2.84. The summed E-state index contributed by atoms with van der Waals surface area (Å²) >= 11 is 1.53. The molecule has 2 atom stereocenters. The van der Waals surface area contributed by atoms with Gasteiger partial charge in [0.05, 0.1) is 23.0 Å². The highest BCUT2D eigenvalue weighted by Crippen LogP contribution is 2.31. The molecular formula is C22H28F3N3O5S3. The van der Waals surface area contributed by atoms with Gasteiger partial charge in [-0.3, -0.25) is 4.90 Å². The Kier molecular flexibility index (Phi) is 9.82. The summed E-state index contributed by atoms with van der Waals surface area (Å²) in [4.78, 5) is 3.71. The van der Waals surface area contributed by atoms with Crippen molar-refractivity contribution in [2.45, 2.75) is 45.6 Å². The van der Waals surface area contributed by atoms with Crippen molar-refractivity contribution in [3.05, 3.63) is 54.6 Å². The SMILES string of the molecule is C[C@H]1COCCN1CC[C@H](CSc1ccccc1)NNS(=O)(=O)c1cccc(S(=O)(=O)C(F)(F)F)c1. The molecule has 0 aliphatic carbocycles. The van der Waals surface area contributed by atoms with Gasteiger partial charge in [-0.05, 0) is 43.7 Å². The molecule has 1 fully saturated rings. The third kappa shape index (κ3) is 7.66. The Bertz CT molecular complexity index is 1210. The Morgan fingerprint density at radius 1 is 1.08 bits per heavy atom. The van der Waals surface area contributed by atoms with Crippen LogP contribution in [0.2, 0.25) is 0 Å². The van der Waals surface area contributed by atoms with Crippen molar-refractivity contribution in [1.82, 2.24) is 15.2 Å². The lowest BCUT2D eigenvalue weighted by Gasteiger charge is -2.34. The summed E-state index contributed by atoms with van der Waals surface area (Å²) < 4.78 is 93.2. The van der Waals surface area contributed by atoms with Gasteiger partial charge in [-0.2, -0.15) is 13.2 Å². The Morgan fingerprint density at radius 2 is 1.78 bits per heavy atom. The zero-order valence-electron chi connectivity index (χ0n) is 19.4. The molecule has 2 N–H and O–H groups in total. The molecule has 1 aliphatic rings. The topological polar surface area (TPSA) is 105 Å². The molecular weight excluding hydrogens is 539 g/mol. The molecule has 200 valence electrons. The van der Waals surface area contributed by atoms with Crippen molar-refractivity contribution < 1.29 is 34.7 Å². The highest BCUT2D eigenvalue weighted by atomic mass is 32.2. The fraction of sp³-hybridized carbons (Fsp3) is 0.455. The van der Waals surface area contributed by atoms with E-state index in [1.54, 1.807) is 0 Å². The zero-order chi connectivity index (χ0) is 26.4. The van der Waals surface area contributed by atoms with Gasteiger partial charge in [0.15, 0.2) is 0 Å². The Balaban J connectivity index is 1.71. The molecule has 0 amide bonds. The Hall–Kier alpha value is -1.68. The van der Waals surface area contributed by atoms with E-state index in [1.165, 1.54) is 11.8 Å². The van der Waals surface area contributed by atoms with Gasteiger partial charge in [-0.25, -0.2) is 22.3 Å². The second kappa shape index (κ2) is 12.2. The quantitative estimate of drug-likeness (QED) is 0.316. The van der Waals surface area contributed by atoms with E-state index >= 15 is 0 Å². The van der Waals surface area contributed by atoms with Crippen molar-refractivity contribution in [2.24, 2.45) is 0 Å². The molecule has 0 saturated carbocycles. The molecule has 2 aromatic carbocycles. The summed E-state index contributed by atoms with van der Waals surface area (Å²) in [6, 6.07) is 12.6. The van der Waals surface area contributed by atoms with E-state index in [0.717, 1.165) is 23.6 Å². The van der Waals surface area contributed by atoms with E-state index in [9.17, 15) is 30.0 Å². The van der Waals surface area contributed by atoms with Crippen LogP contribution in [0.15, 0.2) is 69.3 Å². The second-order valence-corrected chi connectivity index (χ2v) is 13.0. The number of nitrogens with one attached hydrogen (secondary N) is 2. The van der Waals surface area contributed by atoms with E-state index in [1.807, 2.05) is 37.3 Å². The molecule has 8 nitrogen and oxygen atoms in total. The molecule has 14 heteroatoms. The van der Waals surface area contributed by atoms with Crippen LogP contribution in [0.25, 0.3) is 0 Å².